The average Bonchev–Trinajstić information content (AvgIpc) is 2.32. The van der Waals surface area contributed by atoms with Gasteiger partial charge in [0.15, 0.2) is 0 Å². The molecule has 0 unspecified atom stereocenters. The smallest absolute Gasteiger partial charge is 0.347 e. The fourth-order valence-electron chi connectivity index (χ4n) is 1.47. The van der Waals surface area contributed by atoms with E-state index in [2.05, 4.69) is 15.9 Å². The summed E-state index contributed by atoms with van der Waals surface area (Å²) in [5.41, 5.74) is -1.03. The van der Waals surface area contributed by atoms with E-state index in [-0.39, 0.29) is 10.2 Å². The van der Waals surface area contributed by atoms with Crippen LogP contribution in [0.1, 0.15) is 0 Å². The predicted molar refractivity (Wildman–Crippen MR) is 67.2 cm³/mol. The molecule has 0 saturated heterocycles. The molecule has 4 nitrogen and oxygen atoms in total. The second kappa shape index (κ2) is 5.49. The Bertz CT molecular complexity index is 694. The van der Waals surface area contributed by atoms with Crippen molar-refractivity contribution in [2.45, 2.75) is 0 Å². The number of nitro groups is 1. The topological polar surface area (TPSA) is 52.4 Å². The van der Waals surface area contributed by atoms with E-state index in [0.29, 0.717) is 12.1 Å². The highest BCUT2D eigenvalue weighted by Gasteiger charge is 2.24. The van der Waals surface area contributed by atoms with Crippen LogP contribution in [-0.4, -0.2) is 4.92 Å². The molecule has 0 atom stereocenters. The summed E-state index contributed by atoms with van der Waals surface area (Å²) in [6.45, 7) is 0. The van der Waals surface area contributed by atoms with Crippen molar-refractivity contribution in [2.75, 3.05) is 0 Å². The normalized spacial score (nSPS) is 10.4. The van der Waals surface area contributed by atoms with Crippen LogP contribution in [0, 0.1) is 27.6 Å². The maximum absolute atomic E-state index is 13.4. The van der Waals surface area contributed by atoms with Crippen molar-refractivity contribution in [1.82, 2.24) is 0 Å². The van der Waals surface area contributed by atoms with Gasteiger partial charge in [0.1, 0.15) is 17.4 Å². The third-order valence-corrected chi connectivity index (χ3v) is 2.94. The molecule has 0 aliphatic rings. The van der Waals surface area contributed by atoms with Crippen LogP contribution in [0.25, 0.3) is 0 Å². The highest BCUT2D eigenvalue weighted by atomic mass is 79.9. The van der Waals surface area contributed by atoms with E-state index in [1.807, 2.05) is 0 Å². The first kappa shape index (κ1) is 14.3. The third kappa shape index (κ3) is 2.90. The van der Waals surface area contributed by atoms with Crippen molar-refractivity contribution in [3.63, 3.8) is 0 Å². The van der Waals surface area contributed by atoms with Gasteiger partial charge in [-0.1, -0.05) is 0 Å². The maximum atomic E-state index is 13.4. The van der Waals surface area contributed by atoms with Crippen LogP contribution in [0.3, 0.4) is 0 Å². The molecule has 2 aromatic rings. The molecule has 0 bridgehead atoms. The lowest BCUT2D eigenvalue weighted by molar-refractivity contribution is -0.388. The number of hydrogen-bond donors (Lipinski definition) is 0. The quantitative estimate of drug-likeness (QED) is 0.603. The first-order chi connectivity index (χ1) is 9.38. The van der Waals surface area contributed by atoms with Gasteiger partial charge in [-0.05, 0) is 28.1 Å². The van der Waals surface area contributed by atoms with Crippen molar-refractivity contribution >= 4 is 21.6 Å². The summed E-state index contributed by atoms with van der Waals surface area (Å²) in [6.07, 6.45) is 0. The fourth-order valence-corrected chi connectivity index (χ4v) is 1.80. The summed E-state index contributed by atoms with van der Waals surface area (Å²) in [6, 6.07) is 4.37. The lowest BCUT2D eigenvalue weighted by Gasteiger charge is -2.08. The number of halogens is 4. The standard InChI is InChI=1S/C12H5BrF3NO3/c13-8-2-1-6(14)4-10(8)20-11-5-7(15)3-9(16)12(11)17(18)19/h1-5H. The Kier molecular flexibility index (Phi) is 3.93. The molecule has 8 heteroatoms. The largest absolute Gasteiger partial charge is 0.449 e. The minimum absolute atomic E-state index is 0.141. The highest BCUT2D eigenvalue weighted by molar-refractivity contribution is 9.10. The summed E-state index contributed by atoms with van der Waals surface area (Å²) in [5, 5.41) is 10.8. The second-order valence-electron chi connectivity index (χ2n) is 3.67. The molecule has 0 aromatic heterocycles. The maximum Gasteiger partial charge on any atom is 0.347 e. The molecule has 0 amide bonds. The third-order valence-electron chi connectivity index (χ3n) is 2.29. The van der Waals surface area contributed by atoms with Crippen molar-refractivity contribution in [2.24, 2.45) is 0 Å². The molecule has 104 valence electrons. The Labute approximate surface area is 119 Å². The molecular formula is C12H5BrF3NO3. The Balaban J connectivity index is 2.53. The Morgan fingerprint density at radius 1 is 1.05 bits per heavy atom. The van der Waals surface area contributed by atoms with E-state index in [0.717, 1.165) is 12.1 Å². The zero-order valence-electron chi connectivity index (χ0n) is 9.57. The monoisotopic (exact) mass is 347 g/mol. The molecule has 2 rings (SSSR count). The molecule has 0 aliphatic carbocycles. The molecule has 0 aliphatic heterocycles. The summed E-state index contributed by atoms with van der Waals surface area (Å²) in [7, 11) is 0. The first-order valence-corrected chi connectivity index (χ1v) is 5.94. The number of nitrogens with zero attached hydrogens (tertiary/aromatic N) is 1. The van der Waals surface area contributed by atoms with Crippen molar-refractivity contribution in [1.29, 1.82) is 0 Å². The molecule has 0 saturated carbocycles. The molecule has 2 aromatic carbocycles. The van der Waals surface area contributed by atoms with E-state index in [1.54, 1.807) is 0 Å². The van der Waals surface area contributed by atoms with Crippen LogP contribution in [0.15, 0.2) is 34.8 Å². The van der Waals surface area contributed by atoms with E-state index >= 15 is 0 Å². The minimum Gasteiger partial charge on any atom is -0.449 e. The molecule has 20 heavy (non-hydrogen) atoms. The van der Waals surface area contributed by atoms with Crippen molar-refractivity contribution in [3.05, 3.63) is 62.4 Å². The zero-order chi connectivity index (χ0) is 14.9. The van der Waals surface area contributed by atoms with E-state index in [1.165, 1.54) is 6.07 Å². The van der Waals surface area contributed by atoms with Crippen LogP contribution in [0.5, 0.6) is 11.5 Å². The molecule has 0 N–H and O–H groups in total. The van der Waals surface area contributed by atoms with Crippen molar-refractivity contribution < 1.29 is 22.8 Å². The van der Waals surface area contributed by atoms with Gasteiger partial charge in [0, 0.05) is 18.2 Å². The minimum atomic E-state index is -1.38. The fraction of sp³-hybridized carbons (Fsp3) is 0. The van der Waals surface area contributed by atoms with Gasteiger partial charge in [-0.25, -0.2) is 8.78 Å². The lowest BCUT2D eigenvalue weighted by Crippen LogP contribution is -1.98. The van der Waals surface area contributed by atoms with Crippen LogP contribution >= 0.6 is 15.9 Å². The SMILES string of the molecule is O=[N+]([O-])c1c(F)cc(F)cc1Oc1cc(F)ccc1Br. The Morgan fingerprint density at radius 2 is 1.70 bits per heavy atom. The van der Waals surface area contributed by atoms with Gasteiger partial charge in [-0.3, -0.25) is 10.1 Å². The predicted octanol–water partition coefficient (Wildman–Crippen LogP) is 4.57. The van der Waals surface area contributed by atoms with Gasteiger partial charge >= 0.3 is 5.69 Å². The Hall–Kier alpha value is -2.09. The number of ether oxygens (including phenoxy) is 1. The first-order valence-electron chi connectivity index (χ1n) is 5.15. The van der Waals surface area contributed by atoms with Crippen LogP contribution in [0.2, 0.25) is 0 Å². The van der Waals surface area contributed by atoms with Gasteiger partial charge < -0.3 is 4.74 Å². The number of nitro benzene ring substituents is 1. The molecule has 0 heterocycles. The van der Waals surface area contributed by atoms with Crippen LogP contribution in [-0.2, 0) is 0 Å². The second-order valence-corrected chi connectivity index (χ2v) is 4.52. The van der Waals surface area contributed by atoms with Gasteiger partial charge in [0.05, 0.1) is 9.40 Å². The summed E-state index contributed by atoms with van der Waals surface area (Å²) in [5.74, 6) is -3.88. The summed E-state index contributed by atoms with van der Waals surface area (Å²) >= 11 is 3.04. The molecular weight excluding hydrogens is 343 g/mol. The van der Waals surface area contributed by atoms with Gasteiger partial charge in [-0.2, -0.15) is 4.39 Å². The van der Waals surface area contributed by atoms with Crippen LogP contribution < -0.4 is 4.74 Å². The van der Waals surface area contributed by atoms with Crippen LogP contribution in [0.4, 0.5) is 18.9 Å². The van der Waals surface area contributed by atoms with Crippen molar-refractivity contribution in [3.8, 4) is 11.5 Å². The van der Waals surface area contributed by atoms with Gasteiger partial charge in [-0.15, -0.1) is 0 Å². The molecule has 0 radical (unpaired) electrons. The molecule has 0 spiro atoms. The van der Waals surface area contributed by atoms with E-state index < -0.39 is 33.8 Å². The van der Waals surface area contributed by atoms with Gasteiger partial charge in [0.25, 0.3) is 0 Å². The zero-order valence-corrected chi connectivity index (χ0v) is 11.2. The number of rotatable bonds is 3. The highest BCUT2D eigenvalue weighted by Crippen LogP contribution is 2.37. The number of benzene rings is 2. The number of hydrogen-bond acceptors (Lipinski definition) is 3. The molecule has 0 fully saturated rings. The van der Waals surface area contributed by atoms with E-state index in [4.69, 9.17) is 4.74 Å². The average molecular weight is 348 g/mol. The van der Waals surface area contributed by atoms with Gasteiger partial charge in [0.2, 0.25) is 11.6 Å². The summed E-state index contributed by atoms with van der Waals surface area (Å²) < 4.78 is 44.9. The van der Waals surface area contributed by atoms with E-state index in [9.17, 15) is 23.3 Å². The lowest BCUT2D eigenvalue weighted by atomic mass is 10.2. The Morgan fingerprint density at radius 3 is 2.35 bits per heavy atom. The summed E-state index contributed by atoms with van der Waals surface area (Å²) in [4.78, 5) is 9.73.